The number of carbonyl (C=O) groups is 1. The third-order valence-electron chi connectivity index (χ3n) is 5.33. The first-order valence-corrected chi connectivity index (χ1v) is 11.1. The number of hydrogen-bond donors (Lipinski definition) is 3. The fraction of sp³-hybridized carbons (Fsp3) is 0.560. The number of esters is 1. The number of ether oxygens (including phenoxy) is 2. The Morgan fingerprint density at radius 1 is 1.16 bits per heavy atom. The molecule has 0 heterocycles. The SMILES string of the molecule is CC(C)OC(=O)CCCC=CCC1C(C=C[C@@H](O)COc2ccccc2)[C@H](O)C[C@@H]1O. The summed E-state index contributed by atoms with van der Waals surface area (Å²) in [5, 5.41) is 30.8. The molecule has 0 aromatic heterocycles. The van der Waals surface area contributed by atoms with Gasteiger partial charge in [-0.1, -0.05) is 42.5 Å². The van der Waals surface area contributed by atoms with Crippen LogP contribution in [0.2, 0.25) is 0 Å². The topological polar surface area (TPSA) is 96.2 Å². The van der Waals surface area contributed by atoms with Crippen LogP contribution in [0, 0.1) is 11.8 Å². The molecular weight excluding hydrogens is 396 g/mol. The number of unbranched alkanes of at least 4 members (excludes halogenated alkanes) is 1. The van der Waals surface area contributed by atoms with E-state index >= 15 is 0 Å². The highest BCUT2D eigenvalue weighted by Gasteiger charge is 2.39. The van der Waals surface area contributed by atoms with Crippen LogP contribution < -0.4 is 4.74 Å². The second-order valence-corrected chi connectivity index (χ2v) is 8.33. The molecule has 0 aliphatic heterocycles. The van der Waals surface area contributed by atoms with Crippen LogP contribution in [-0.4, -0.2) is 52.3 Å². The lowest BCUT2D eigenvalue weighted by Crippen LogP contribution is -2.21. The van der Waals surface area contributed by atoms with E-state index in [9.17, 15) is 20.1 Å². The molecule has 0 bridgehead atoms. The predicted molar refractivity (Wildman–Crippen MR) is 120 cm³/mol. The normalized spacial score (nSPS) is 24.8. The van der Waals surface area contributed by atoms with E-state index in [0.717, 1.165) is 12.8 Å². The molecule has 1 saturated carbocycles. The summed E-state index contributed by atoms with van der Waals surface area (Å²) in [7, 11) is 0. The van der Waals surface area contributed by atoms with Gasteiger partial charge in [0.2, 0.25) is 0 Å². The van der Waals surface area contributed by atoms with E-state index < -0.39 is 18.3 Å². The molecule has 2 rings (SSSR count). The Bertz CT molecular complexity index is 699. The summed E-state index contributed by atoms with van der Waals surface area (Å²) in [5.41, 5.74) is 0. The zero-order valence-corrected chi connectivity index (χ0v) is 18.5. The van der Waals surface area contributed by atoms with Crippen LogP contribution in [0.1, 0.15) is 46.0 Å². The van der Waals surface area contributed by atoms with E-state index in [4.69, 9.17) is 9.47 Å². The molecule has 1 aromatic carbocycles. The maximum Gasteiger partial charge on any atom is 0.306 e. The quantitative estimate of drug-likeness (QED) is 0.266. The summed E-state index contributed by atoms with van der Waals surface area (Å²) in [5.74, 6) is 0.159. The second kappa shape index (κ2) is 13.3. The van der Waals surface area contributed by atoms with Crippen LogP contribution in [0.5, 0.6) is 5.75 Å². The average Bonchev–Trinajstić information content (AvgIpc) is 3.00. The molecule has 0 amide bonds. The maximum atomic E-state index is 11.5. The average molecular weight is 433 g/mol. The lowest BCUT2D eigenvalue weighted by molar-refractivity contribution is -0.147. The molecule has 5 atom stereocenters. The minimum atomic E-state index is -0.799. The summed E-state index contributed by atoms with van der Waals surface area (Å²) >= 11 is 0. The molecule has 1 aliphatic rings. The maximum absolute atomic E-state index is 11.5. The Balaban J connectivity index is 1.77. The summed E-state index contributed by atoms with van der Waals surface area (Å²) in [6, 6.07) is 9.27. The standard InChI is InChI=1S/C25H36O6/c1-18(2)31-25(29)13-9-4-3-8-12-21-22(24(28)16-23(21)27)15-14-19(26)17-30-20-10-6-5-7-11-20/h3,5-8,10-11,14-15,18-19,21-24,26-28H,4,9,12-13,16-17H2,1-2H3/t19-,21?,22?,23+,24-/m1/s1. The molecule has 1 aromatic rings. The Labute approximate surface area is 185 Å². The first-order chi connectivity index (χ1) is 14.9. The van der Waals surface area contributed by atoms with E-state index in [1.54, 1.807) is 12.2 Å². The molecule has 3 N–H and O–H groups in total. The Morgan fingerprint density at radius 2 is 1.90 bits per heavy atom. The molecule has 1 aliphatic carbocycles. The summed E-state index contributed by atoms with van der Waals surface area (Å²) in [6.45, 7) is 3.79. The smallest absolute Gasteiger partial charge is 0.306 e. The number of aliphatic hydroxyl groups is 3. The highest BCUT2D eigenvalue weighted by atomic mass is 16.5. The van der Waals surface area contributed by atoms with Gasteiger partial charge in [-0.2, -0.15) is 0 Å². The van der Waals surface area contributed by atoms with Gasteiger partial charge in [-0.3, -0.25) is 4.79 Å². The van der Waals surface area contributed by atoms with Crippen molar-refractivity contribution in [2.45, 2.75) is 70.4 Å². The van der Waals surface area contributed by atoms with Crippen molar-refractivity contribution >= 4 is 5.97 Å². The third-order valence-corrected chi connectivity index (χ3v) is 5.33. The van der Waals surface area contributed by atoms with Crippen LogP contribution in [0.15, 0.2) is 54.6 Å². The Kier molecular flexibility index (Phi) is 10.8. The van der Waals surface area contributed by atoms with E-state index in [1.165, 1.54) is 0 Å². The number of allylic oxidation sites excluding steroid dienone is 2. The van der Waals surface area contributed by atoms with Crippen molar-refractivity contribution in [2.75, 3.05) is 6.61 Å². The molecule has 0 spiro atoms. The Morgan fingerprint density at radius 3 is 2.61 bits per heavy atom. The predicted octanol–water partition coefficient (Wildman–Crippen LogP) is 3.41. The van der Waals surface area contributed by atoms with Crippen LogP contribution in [0.3, 0.4) is 0 Å². The van der Waals surface area contributed by atoms with Crippen LogP contribution in [0.25, 0.3) is 0 Å². The van der Waals surface area contributed by atoms with Crippen LogP contribution >= 0.6 is 0 Å². The van der Waals surface area contributed by atoms with Gasteiger partial charge in [-0.05, 0) is 51.2 Å². The number of carbonyl (C=O) groups excluding carboxylic acids is 1. The largest absolute Gasteiger partial charge is 0.491 e. The molecular formula is C25H36O6. The first-order valence-electron chi connectivity index (χ1n) is 11.1. The van der Waals surface area contributed by atoms with Gasteiger partial charge in [0, 0.05) is 18.8 Å². The molecule has 172 valence electrons. The lowest BCUT2D eigenvalue weighted by Gasteiger charge is -2.19. The van der Waals surface area contributed by atoms with E-state index in [-0.39, 0.29) is 30.5 Å². The van der Waals surface area contributed by atoms with E-state index in [1.807, 2.05) is 56.3 Å². The monoisotopic (exact) mass is 432 g/mol. The van der Waals surface area contributed by atoms with E-state index in [2.05, 4.69) is 0 Å². The van der Waals surface area contributed by atoms with Gasteiger partial charge in [0.05, 0.1) is 18.3 Å². The number of benzene rings is 1. The van der Waals surface area contributed by atoms with Gasteiger partial charge < -0.3 is 24.8 Å². The van der Waals surface area contributed by atoms with Gasteiger partial charge in [0.15, 0.2) is 0 Å². The second-order valence-electron chi connectivity index (χ2n) is 8.33. The molecule has 31 heavy (non-hydrogen) atoms. The Hall–Kier alpha value is -2.15. The van der Waals surface area contributed by atoms with Gasteiger partial charge in [-0.15, -0.1) is 0 Å². The van der Waals surface area contributed by atoms with Crippen LogP contribution in [-0.2, 0) is 9.53 Å². The summed E-state index contributed by atoms with van der Waals surface area (Å²) in [6.07, 6.45) is 8.12. The first kappa shape index (κ1) is 25.1. The molecule has 0 radical (unpaired) electrons. The minimum Gasteiger partial charge on any atom is -0.491 e. The molecule has 1 fully saturated rings. The van der Waals surface area contributed by atoms with Gasteiger partial charge in [0.1, 0.15) is 18.5 Å². The van der Waals surface area contributed by atoms with Crippen molar-refractivity contribution in [1.29, 1.82) is 0 Å². The fourth-order valence-electron chi connectivity index (χ4n) is 3.77. The highest BCUT2D eigenvalue weighted by Crippen LogP contribution is 2.36. The van der Waals surface area contributed by atoms with Gasteiger partial charge >= 0.3 is 5.97 Å². The number of hydrogen-bond acceptors (Lipinski definition) is 6. The van der Waals surface area contributed by atoms with Gasteiger partial charge in [-0.25, -0.2) is 0 Å². The van der Waals surface area contributed by atoms with Crippen molar-refractivity contribution in [1.82, 2.24) is 0 Å². The van der Waals surface area contributed by atoms with Crippen molar-refractivity contribution in [2.24, 2.45) is 11.8 Å². The fourth-order valence-corrected chi connectivity index (χ4v) is 3.77. The van der Waals surface area contributed by atoms with Crippen molar-refractivity contribution < 1.29 is 29.6 Å². The summed E-state index contributed by atoms with van der Waals surface area (Å²) < 4.78 is 10.6. The van der Waals surface area contributed by atoms with Crippen molar-refractivity contribution in [3.05, 3.63) is 54.6 Å². The van der Waals surface area contributed by atoms with Crippen LogP contribution in [0.4, 0.5) is 0 Å². The number of rotatable bonds is 12. The van der Waals surface area contributed by atoms with E-state index in [0.29, 0.717) is 25.0 Å². The van der Waals surface area contributed by atoms with Crippen molar-refractivity contribution in [3.8, 4) is 5.75 Å². The lowest BCUT2D eigenvalue weighted by atomic mass is 9.89. The third kappa shape index (κ3) is 9.25. The van der Waals surface area contributed by atoms with Crippen molar-refractivity contribution in [3.63, 3.8) is 0 Å². The summed E-state index contributed by atoms with van der Waals surface area (Å²) in [4.78, 5) is 11.5. The zero-order chi connectivity index (χ0) is 22.6. The molecule has 0 saturated heterocycles. The minimum absolute atomic E-state index is 0.0910. The molecule has 6 nitrogen and oxygen atoms in total. The highest BCUT2D eigenvalue weighted by molar-refractivity contribution is 5.69. The number of para-hydroxylation sites is 1. The number of aliphatic hydroxyl groups excluding tert-OH is 3. The van der Waals surface area contributed by atoms with Gasteiger partial charge in [0.25, 0.3) is 0 Å². The molecule has 2 unspecified atom stereocenters. The zero-order valence-electron chi connectivity index (χ0n) is 18.5. The molecule has 6 heteroatoms.